The van der Waals surface area contributed by atoms with Crippen LogP contribution >= 0.6 is 11.6 Å². The molecule has 5 heteroatoms. The maximum atomic E-state index is 11.2. The van der Waals surface area contributed by atoms with Crippen molar-refractivity contribution in [3.05, 3.63) is 22.8 Å². The Hall–Kier alpha value is -1.29. The Kier molecular flexibility index (Phi) is 4.77. The number of hydrogen-bond donors (Lipinski definition) is 1. The van der Waals surface area contributed by atoms with Gasteiger partial charge in [0.15, 0.2) is 0 Å². The van der Waals surface area contributed by atoms with Crippen molar-refractivity contribution in [1.82, 2.24) is 4.98 Å². The van der Waals surface area contributed by atoms with E-state index in [2.05, 4.69) is 30.7 Å². The van der Waals surface area contributed by atoms with Crippen molar-refractivity contribution in [1.29, 1.82) is 0 Å². The van der Waals surface area contributed by atoms with Gasteiger partial charge in [-0.15, -0.1) is 0 Å². The fourth-order valence-corrected chi connectivity index (χ4v) is 3.14. The molecule has 1 saturated heterocycles. The summed E-state index contributed by atoms with van der Waals surface area (Å²) in [5.74, 6) is 0.395. The van der Waals surface area contributed by atoms with Crippen LogP contribution in [-0.2, 0) is 0 Å². The summed E-state index contributed by atoms with van der Waals surface area (Å²) in [5, 5.41) is 9.35. The molecule has 1 atom stereocenters. The highest BCUT2D eigenvalue weighted by atomic mass is 35.5. The topological polar surface area (TPSA) is 53.4 Å². The van der Waals surface area contributed by atoms with Crippen molar-refractivity contribution in [2.45, 2.75) is 40.0 Å². The third-order valence-corrected chi connectivity index (χ3v) is 4.65. The number of rotatable bonds is 2. The molecule has 0 radical (unpaired) electrons. The lowest BCUT2D eigenvalue weighted by molar-refractivity contribution is 0.0697. The number of carbonyl (C=O) groups is 1. The molecule has 21 heavy (non-hydrogen) atoms. The summed E-state index contributed by atoms with van der Waals surface area (Å²) in [6, 6.07) is 1.59. The Morgan fingerprint density at radius 3 is 2.71 bits per heavy atom. The fourth-order valence-electron chi connectivity index (χ4n) is 2.96. The number of carboxylic acids is 1. The van der Waals surface area contributed by atoms with E-state index < -0.39 is 5.97 Å². The van der Waals surface area contributed by atoms with Crippen LogP contribution in [-0.4, -0.2) is 29.1 Å². The van der Waals surface area contributed by atoms with Crippen LogP contribution in [0.25, 0.3) is 0 Å². The summed E-state index contributed by atoms with van der Waals surface area (Å²) in [5.41, 5.74) is 0.439. The maximum absolute atomic E-state index is 11.2. The average Bonchev–Trinajstić information content (AvgIpc) is 2.64. The first-order chi connectivity index (χ1) is 9.79. The number of halogens is 1. The zero-order chi connectivity index (χ0) is 15.6. The Balaban J connectivity index is 2.16. The Labute approximate surface area is 131 Å². The summed E-state index contributed by atoms with van der Waals surface area (Å²) < 4.78 is 0. The second kappa shape index (κ2) is 6.22. The molecular formula is C16H23ClN2O2. The Morgan fingerprint density at radius 2 is 2.10 bits per heavy atom. The van der Waals surface area contributed by atoms with E-state index in [1.807, 2.05) is 0 Å². The molecule has 1 aromatic heterocycles. The van der Waals surface area contributed by atoms with Gasteiger partial charge in [-0.25, -0.2) is 9.78 Å². The van der Waals surface area contributed by atoms with Crippen molar-refractivity contribution in [3.8, 4) is 0 Å². The smallest absolute Gasteiger partial charge is 0.337 e. The van der Waals surface area contributed by atoms with Gasteiger partial charge >= 0.3 is 5.97 Å². The van der Waals surface area contributed by atoms with Gasteiger partial charge in [0, 0.05) is 19.3 Å². The number of hydrogen-bond acceptors (Lipinski definition) is 3. The van der Waals surface area contributed by atoms with Crippen LogP contribution in [0.3, 0.4) is 0 Å². The molecule has 0 spiro atoms. The van der Waals surface area contributed by atoms with Gasteiger partial charge in [0.25, 0.3) is 0 Å². The molecule has 116 valence electrons. The van der Waals surface area contributed by atoms with Gasteiger partial charge < -0.3 is 10.0 Å². The minimum Gasteiger partial charge on any atom is -0.478 e. The highest BCUT2D eigenvalue weighted by molar-refractivity contribution is 6.33. The highest BCUT2D eigenvalue weighted by Crippen LogP contribution is 2.35. The second-order valence-electron chi connectivity index (χ2n) is 6.81. The van der Waals surface area contributed by atoms with Crippen LogP contribution in [0.2, 0.25) is 5.02 Å². The van der Waals surface area contributed by atoms with E-state index in [-0.39, 0.29) is 10.6 Å². The first-order valence-corrected chi connectivity index (χ1v) is 7.80. The fraction of sp³-hybridized carbons (Fsp3) is 0.625. The number of nitrogens with zero attached hydrogens (tertiary/aromatic N) is 2. The van der Waals surface area contributed by atoms with E-state index >= 15 is 0 Å². The third kappa shape index (κ3) is 3.88. The van der Waals surface area contributed by atoms with Crippen LogP contribution in [0, 0.1) is 11.3 Å². The predicted octanol–water partition coefficient (Wildman–Crippen LogP) is 4.09. The molecule has 0 aromatic carbocycles. The molecule has 1 aliphatic heterocycles. The summed E-state index contributed by atoms with van der Waals surface area (Å²) in [4.78, 5) is 17.7. The summed E-state index contributed by atoms with van der Waals surface area (Å²) in [6.07, 6.45) is 4.86. The largest absolute Gasteiger partial charge is 0.478 e. The van der Waals surface area contributed by atoms with Crippen LogP contribution in [0.5, 0.6) is 0 Å². The monoisotopic (exact) mass is 310 g/mol. The molecule has 0 bridgehead atoms. The van der Waals surface area contributed by atoms with Crippen LogP contribution in [0.1, 0.15) is 50.4 Å². The molecule has 1 unspecified atom stereocenters. The molecule has 1 fully saturated rings. The van der Waals surface area contributed by atoms with Crippen LogP contribution in [0.4, 0.5) is 5.82 Å². The first kappa shape index (κ1) is 16.1. The lowest BCUT2D eigenvalue weighted by Gasteiger charge is -2.30. The quantitative estimate of drug-likeness (QED) is 0.894. The van der Waals surface area contributed by atoms with Gasteiger partial charge in [-0.1, -0.05) is 32.4 Å². The predicted molar refractivity (Wildman–Crippen MR) is 85.2 cm³/mol. The normalized spacial score (nSPS) is 20.2. The van der Waals surface area contributed by atoms with E-state index in [1.54, 1.807) is 6.07 Å². The number of aromatic nitrogens is 1. The molecule has 0 aliphatic carbocycles. The van der Waals surface area contributed by atoms with Gasteiger partial charge in [0.1, 0.15) is 5.82 Å². The zero-order valence-electron chi connectivity index (χ0n) is 12.9. The van der Waals surface area contributed by atoms with Crippen molar-refractivity contribution in [2.75, 3.05) is 18.0 Å². The molecule has 1 aliphatic rings. The van der Waals surface area contributed by atoms with Gasteiger partial charge in [-0.2, -0.15) is 0 Å². The molecular weight excluding hydrogens is 288 g/mol. The lowest BCUT2D eigenvalue weighted by atomic mass is 9.77. The van der Waals surface area contributed by atoms with E-state index in [9.17, 15) is 4.79 Å². The number of carboxylic acid groups (broad SMARTS) is 1. The molecule has 4 nitrogen and oxygen atoms in total. The van der Waals surface area contributed by atoms with Gasteiger partial charge in [-0.3, -0.25) is 0 Å². The number of anilines is 1. The molecule has 2 heterocycles. The highest BCUT2D eigenvalue weighted by Gasteiger charge is 2.27. The van der Waals surface area contributed by atoms with Crippen molar-refractivity contribution in [3.63, 3.8) is 0 Å². The number of aromatic carboxylic acids is 1. The molecule has 0 amide bonds. The average molecular weight is 311 g/mol. The van der Waals surface area contributed by atoms with Crippen LogP contribution < -0.4 is 4.90 Å². The molecule has 1 aromatic rings. The van der Waals surface area contributed by atoms with E-state index in [4.69, 9.17) is 16.7 Å². The zero-order valence-corrected chi connectivity index (χ0v) is 13.7. The summed E-state index contributed by atoms with van der Waals surface area (Å²) >= 11 is 5.88. The lowest BCUT2D eigenvalue weighted by Crippen LogP contribution is -2.27. The first-order valence-electron chi connectivity index (χ1n) is 7.43. The minimum absolute atomic E-state index is 0.123. The maximum Gasteiger partial charge on any atom is 0.337 e. The van der Waals surface area contributed by atoms with Gasteiger partial charge in [-0.05, 0) is 36.7 Å². The molecule has 2 rings (SSSR count). The number of pyridine rings is 1. The summed E-state index contributed by atoms with van der Waals surface area (Å²) in [6.45, 7) is 8.69. The van der Waals surface area contributed by atoms with Gasteiger partial charge in [0.2, 0.25) is 0 Å². The third-order valence-electron chi connectivity index (χ3n) is 4.35. The van der Waals surface area contributed by atoms with Crippen molar-refractivity contribution >= 4 is 23.4 Å². The second-order valence-corrected chi connectivity index (χ2v) is 7.22. The summed E-state index contributed by atoms with van der Waals surface area (Å²) in [7, 11) is 0. The Bertz CT molecular complexity index is 525. The molecule has 0 saturated carbocycles. The standard InChI is InChI=1S/C16H23ClN2O2/c1-16(2,3)11-5-4-7-19(8-6-11)14-9-12(15(20)21)13(17)10-18-14/h9-11H,4-8H2,1-3H3,(H,20,21). The minimum atomic E-state index is -1.01. The van der Waals surface area contributed by atoms with Crippen molar-refractivity contribution < 1.29 is 9.90 Å². The van der Waals surface area contributed by atoms with E-state index in [1.165, 1.54) is 12.6 Å². The molecule has 1 N–H and O–H groups in total. The SMILES string of the molecule is CC(C)(C)C1CCCN(c2cc(C(=O)O)c(Cl)cn2)CC1. The van der Waals surface area contributed by atoms with Crippen LogP contribution in [0.15, 0.2) is 12.3 Å². The van der Waals surface area contributed by atoms with Crippen molar-refractivity contribution in [2.24, 2.45) is 11.3 Å². The van der Waals surface area contributed by atoms with E-state index in [0.717, 1.165) is 25.9 Å². The Morgan fingerprint density at radius 1 is 1.38 bits per heavy atom. The van der Waals surface area contributed by atoms with E-state index in [0.29, 0.717) is 17.2 Å². The van der Waals surface area contributed by atoms with Gasteiger partial charge in [0.05, 0.1) is 10.6 Å².